The molecule has 2 aliphatic rings. The molecular weight excluding hydrogens is 404 g/mol. The van der Waals surface area contributed by atoms with Gasteiger partial charge in [-0.3, -0.25) is 4.79 Å². The van der Waals surface area contributed by atoms with E-state index in [1.807, 2.05) is 23.1 Å². The molecule has 0 spiro atoms. The van der Waals surface area contributed by atoms with Crippen molar-refractivity contribution in [2.24, 2.45) is 0 Å². The number of hydrogen-bond donors (Lipinski definition) is 1. The van der Waals surface area contributed by atoms with Crippen LogP contribution in [0.5, 0.6) is 0 Å². The van der Waals surface area contributed by atoms with Crippen LogP contribution >= 0.6 is 15.9 Å². The zero-order valence-electron chi connectivity index (χ0n) is 15.4. The fraction of sp³-hybridized carbons (Fsp3) is 0.429. The second kappa shape index (κ2) is 8.30. The molecule has 2 aromatic rings. The Kier molecular flexibility index (Phi) is 5.62. The van der Waals surface area contributed by atoms with Crippen LogP contribution in [0.2, 0.25) is 0 Å². The number of aromatic nitrogens is 1. The Morgan fingerprint density at radius 3 is 2.70 bits per heavy atom. The van der Waals surface area contributed by atoms with Crippen LogP contribution in [0.15, 0.2) is 47.1 Å². The molecule has 5 nitrogen and oxygen atoms in total. The fourth-order valence-electron chi connectivity index (χ4n) is 3.96. The minimum atomic E-state index is 0.103. The summed E-state index contributed by atoms with van der Waals surface area (Å²) in [6.07, 6.45) is 6.19. The monoisotopic (exact) mass is 428 g/mol. The molecule has 1 amide bonds. The largest absolute Gasteiger partial charge is 0.368 e. The number of likely N-dealkylation sites (tertiary alicyclic amines) is 1. The highest BCUT2D eigenvalue weighted by atomic mass is 79.9. The molecule has 0 aliphatic carbocycles. The Morgan fingerprint density at radius 2 is 1.89 bits per heavy atom. The van der Waals surface area contributed by atoms with Gasteiger partial charge < -0.3 is 15.1 Å². The number of hydrogen-bond acceptors (Lipinski definition) is 4. The van der Waals surface area contributed by atoms with E-state index in [0.717, 1.165) is 49.9 Å². The molecule has 142 valence electrons. The number of para-hydroxylation sites is 1. The predicted molar refractivity (Wildman–Crippen MR) is 112 cm³/mol. The van der Waals surface area contributed by atoms with E-state index in [1.54, 1.807) is 6.20 Å². The van der Waals surface area contributed by atoms with Gasteiger partial charge in [0.1, 0.15) is 5.82 Å². The Bertz CT molecular complexity index is 806. The Hall–Kier alpha value is -2.08. The third-order valence-corrected chi connectivity index (χ3v) is 6.07. The van der Waals surface area contributed by atoms with Gasteiger partial charge in [-0.05, 0) is 65.9 Å². The van der Waals surface area contributed by atoms with Crippen molar-refractivity contribution in [1.29, 1.82) is 0 Å². The molecule has 6 heteroatoms. The molecule has 27 heavy (non-hydrogen) atoms. The number of anilines is 2. The van der Waals surface area contributed by atoms with E-state index >= 15 is 0 Å². The van der Waals surface area contributed by atoms with Gasteiger partial charge >= 0.3 is 0 Å². The molecule has 4 rings (SSSR count). The summed E-state index contributed by atoms with van der Waals surface area (Å²) in [5, 5.41) is 3.53. The normalized spacial score (nSPS) is 20.0. The number of carbonyl (C=O) groups is 1. The molecule has 0 radical (unpaired) electrons. The van der Waals surface area contributed by atoms with Crippen LogP contribution in [-0.2, 0) is 0 Å². The quantitative estimate of drug-likeness (QED) is 0.793. The van der Waals surface area contributed by atoms with Gasteiger partial charge in [-0.25, -0.2) is 4.98 Å². The summed E-state index contributed by atoms with van der Waals surface area (Å²) < 4.78 is 1.12. The molecule has 2 saturated heterocycles. The maximum Gasteiger partial charge on any atom is 0.257 e. The van der Waals surface area contributed by atoms with Gasteiger partial charge in [0.15, 0.2) is 0 Å². The summed E-state index contributed by atoms with van der Waals surface area (Å²) in [7, 11) is 0. The molecule has 1 N–H and O–H groups in total. The van der Waals surface area contributed by atoms with E-state index in [2.05, 4.69) is 49.3 Å². The molecule has 0 saturated carbocycles. The molecule has 1 unspecified atom stereocenters. The number of nitrogens with zero attached hydrogens (tertiary/aromatic N) is 3. The van der Waals surface area contributed by atoms with Crippen molar-refractivity contribution in [2.75, 3.05) is 36.4 Å². The van der Waals surface area contributed by atoms with E-state index < -0.39 is 0 Å². The van der Waals surface area contributed by atoms with Crippen LogP contribution in [-0.4, -0.2) is 48.0 Å². The average molecular weight is 429 g/mol. The van der Waals surface area contributed by atoms with Gasteiger partial charge in [-0.1, -0.05) is 12.1 Å². The molecular formula is C21H25BrN4O. The summed E-state index contributed by atoms with van der Waals surface area (Å²) in [4.78, 5) is 21.8. The minimum absolute atomic E-state index is 0.103. The topological polar surface area (TPSA) is 48.5 Å². The fourth-order valence-corrected chi connectivity index (χ4v) is 4.49. The number of nitrogens with one attached hydrogen (secondary N) is 1. The highest BCUT2D eigenvalue weighted by Crippen LogP contribution is 2.29. The average Bonchev–Trinajstić information content (AvgIpc) is 3.17. The van der Waals surface area contributed by atoms with Crippen molar-refractivity contribution in [3.05, 3.63) is 52.6 Å². The first-order chi connectivity index (χ1) is 13.2. The van der Waals surface area contributed by atoms with Gasteiger partial charge in [0.2, 0.25) is 0 Å². The molecule has 3 heterocycles. The molecule has 1 aromatic carbocycles. The lowest BCUT2D eigenvalue weighted by Gasteiger charge is -2.27. The highest BCUT2D eigenvalue weighted by Gasteiger charge is 2.27. The number of pyridine rings is 1. The maximum atomic E-state index is 13.0. The van der Waals surface area contributed by atoms with Crippen molar-refractivity contribution < 1.29 is 4.79 Å². The number of carbonyl (C=O) groups excluding carboxylic acids is 1. The van der Waals surface area contributed by atoms with E-state index in [4.69, 9.17) is 0 Å². The third kappa shape index (κ3) is 4.10. The zero-order chi connectivity index (χ0) is 18.6. The first kappa shape index (κ1) is 18.3. The van der Waals surface area contributed by atoms with Crippen molar-refractivity contribution in [3.8, 4) is 0 Å². The van der Waals surface area contributed by atoms with Crippen LogP contribution in [0.25, 0.3) is 0 Å². The van der Waals surface area contributed by atoms with Gasteiger partial charge in [0.05, 0.1) is 11.3 Å². The van der Waals surface area contributed by atoms with Crippen LogP contribution in [0, 0.1) is 0 Å². The number of halogens is 1. The first-order valence-corrected chi connectivity index (χ1v) is 10.5. The molecule has 2 aliphatic heterocycles. The zero-order valence-corrected chi connectivity index (χ0v) is 17.0. The van der Waals surface area contributed by atoms with Crippen molar-refractivity contribution in [2.45, 2.75) is 31.7 Å². The van der Waals surface area contributed by atoms with Gasteiger partial charge in [-0.2, -0.15) is 0 Å². The summed E-state index contributed by atoms with van der Waals surface area (Å²) in [5.41, 5.74) is 1.91. The van der Waals surface area contributed by atoms with Gasteiger partial charge in [0.25, 0.3) is 5.91 Å². The van der Waals surface area contributed by atoms with Crippen LogP contribution in [0.1, 0.15) is 36.0 Å². The van der Waals surface area contributed by atoms with Gasteiger partial charge in [0, 0.05) is 42.9 Å². The Labute approximate surface area is 168 Å². The smallest absolute Gasteiger partial charge is 0.257 e. The first-order valence-electron chi connectivity index (χ1n) is 9.72. The Morgan fingerprint density at radius 1 is 1.07 bits per heavy atom. The second-order valence-electron chi connectivity index (χ2n) is 7.28. The van der Waals surface area contributed by atoms with E-state index in [-0.39, 0.29) is 11.9 Å². The summed E-state index contributed by atoms with van der Waals surface area (Å²) in [6.45, 7) is 3.60. The number of rotatable bonds is 4. The van der Waals surface area contributed by atoms with Crippen LogP contribution in [0.3, 0.4) is 0 Å². The van der Waals surface area contributed by atoms with Crippen molar-refractivity contribution in [3.63, 3.8) is 0 Å². The standard InChI is InChI=1S/C21H25BrN4O/c22-18-8-2-3-9-19(18)26-14-10-16(15-26)24-20-17(7-6-11-23-20)21(27)25-12-4-1-5-13-25/h2-3,6-9,11,16H,1,4-5,10,12-15H2,(H,23,24). The third-order valence-electron chi connectivity index (χ3n) is 5.40. The van der Waals surface area contributed by atoms with Crippen molar-refractivity contribution in [1.82, 2.24) is 9.88 Å². The molecule has 1 aromatic heterocycles. The maximum absolute atomic E-state index is 13.0. The summed E-state index contributed by atoms with van der Waals surface area (Å²) >= 11 is 3.64. The van der Waals surface area contributed by atoms with Crippen LogP contribution in [0.4, 0.5) is 11.5 Å². The van der Waals surface area contributed by atoms with Crippen molar-refractivity contribution >= 4 is 33.3 Å². The van der Waals surface area contributed by atoms with E-state index in [0.29, 0.717) is 11.4 Å². The number of benzene rings is 1. The number of amides is 1. The lowest BCUT2D eigenvalue weighted by atomic mass is 10.1. The molecule has 0 bridgehead atoms. The second-order valence-corrected chi connectivity index (χ2v) is 8.13. The number of piperidine rings is 1. The predicted octanol–water partition coefficient (Wildman–Crippen LogP) is 4.16. The van der Waals surface area contributed by atoms with Gasteiger partial charge in [-0.15, -0.1) is 0 Å². The van der Waals surface area contributed by atoms with Crippen LogP contribution < -0.4 is 10.2 Å². The highest BCUT2D eigenvalue weighted by molar-refractivity contribution is 9.10. The lowest BCUT2D eigenvalue weighted by Crippen LogP contribution is -2.36. The molecule has 2 fully saturated rings. The SMILES string of the molecule is O=C(c1cccnc1NC1CCN(c2ccccc2Br)C1)N1CCCCC1. The minimum Gasteiger partial charge on any atom is -0.368 e. The molecule has 1 atom stereocenters. The van der Waals surface area contributed by atoms with E-state index in [9.17, 15) is 4.79 Å². The Balaban J connectivity index is 1.46. The summed E-state index contributed by atoms with van der Waals surface area (Å²) in [5.74, 6) is 0.818. The van der Waals surface area contributed by atoms with E-state index in [1.165, 1.54) is 12.1 Å². The lowest BCUT2D eigenvalue weighted by molar-refractivity contribution is 0.0725. The summed E-state index contributed by atoms with van der Waals surface area (Å²) in [6, 6.07) is 12.3.